The van der Waals surface area contributed by atoms with Crippen molar-refractivity contribution in [1.29, 1.82) is 0 Å². The molecule has 0 saturated heterocycles. The smallest absolute Gasteiger partial charge is 0.450 e. The third kappa shape index (κ3) is 3.63. The molecule has 1 aliphatic rings. The molecule has 4 nitrogen and oxygen atoms in total. The Morgan fingerprint density at radius 3 is 2.08 bits per heavy atom. The van der Waals surface area contributed by atoms with Gasteiger partial charge in [-0.05, 0) is 12.8 Å². The number of ether oxygens (including phenoxy) is 1. The number of nitrogens with two attached hydrogens (primary N) is 1. The van der Waals surface area contributed by atoms with E-state index in [9.17, 15) is 4.79 Å². The highest BCUT2D eigenvalue weighted by Crippen LogP contribution is 2.25. The topological polar surface area (TPSA) is 72.5 Å². The van der Waals surface area contributed by atoms with Crippen LogP contribution >= 0.6 is 0 Å². The van der Waals surface area contributed by atoms with Gasteiger partial charge in [-0.25, -0.2) is 4.79 Å². The molecule has 1 saturated carbocycles. The van der Waals surface area contributed by atoms with Crippen molar-refractivity contribution in [2.75, 3.05) is 0 Å². The fraction of sp³-hybridized carbons (Fsp3) is 0.889. The number of hydrogen-bond donors (Lipinski definition) is 2. The average Bonchev–Trinajstić information content (AvgIpc) is 1.97. The van der Waals surface area contributed by atoms with Gasteiger partial charge in [-0.3, -0.25) is 5.73 Å². The summed E-state index contributed by atoms with van der Waals surface area (Å²) in [6.45, 7) is 0. The number of hydrogen-bond acceptors (Lipinski definition) is 3. The molecule has 1 aliphatic carbocycles. The van der Waals surface area contributed by atoms with E-state index in [1.165, 1.54) is 6.42 Å². The maximum absolute atomic E-state index is 10.4. The molecule has 1 rings (SSSR count). The summed E-state index contributed by atoms with van der Waals surface area (Å²) in [4.78, 5) is 10.4. The normalized spacial score (nSPS) is 22.8. The van der Waals surface area contributed by atoms with Gasteiger partial charge in [0.2, 0.25) is 0 Å². The SMILES string of the molecule is NC1(OC(=O)O)CCCCCCC1. The summed E-state index contributed by atoms with van der Waals surface area (Å²) in [5.41, 5.74) is 4.90. The lowest BCUT2D eigenvalue weighted by Crippen LogP contribution is -2.44. The molecule has 0 aromatic carbocycles. The fourth-order valence-electron chi connectivity index (χ4n) is 1.78. The first kappa shape index (κ1) is 10.3. The quantitative estimate of drug-likeness (QED) is 0.487. The monoisotopic (exact) mass is 187 g/mol. The summed E-state index contributed by atoms with van der Waals surface area (Å²) in [7, 11) is 0. The molecule has 0 aromatic rings. The number of rotatable bonds is 1. The highest BCUT2D eigenvalue weighted by atomic mass is 16.7. The van der Waals surface area contributed by atoms with Crippen LogP contribution in [0.3, 0.4) is 0 Å². The minimum absolute atomic E-state index is 0.652. The van der Waals surface area contributed by atoms with Crippen LogP contribution in [0.1, 0.15) is 44.9 Å². The maximum Gasteiger partial charge on any atom is 0.507 e. The van der Waals surface area contributed by atoms with Gasteiger partial charge in [0.25, 0.3) is 0 Å². The Kier molecular flexibility index (Phi) is 3.54. The van der Waals surface area contributed by atoms with E-state index in [0.717, 1.165) is 25.7 Å². The Hall–Kier alpha value is -0.770. The molecule has 0 heterocycles. The minimum atomic E-state index is -1.26. The lowest BCUT2D eigenvalue weighted by Gasteiger charge is -2.29. The summed E-state index contributed by atoms with van der Waals surface area (Å²) < 4.78 is 4.71. The van der Waals surface area contributed by atoms with Crippen LogP contribution in [0.25, 0.3) is 0 Å². The van der Waals surface area contributed by atoms with Crippen LogP contribution in [-0.4, -0.2) is 17.0 Å². The summed E-state index contributed by atoms with van der Waals surface area (Å²) in [5.74, 6) is 0. The first-order valence-corrected chi connectivity index (χ1v) is 4.83. The second-order valence-electron chi connectivity index (χ2n) is 3.70. The Bertz CT molecular complexity index is 174. The van der Waals surface area contributed by atoms with E-state index in [1.54, 1.807) is 0 Å². The van der Waals surface area contributed by atoms with Gasteiger partial charge in [0, 0.05) is 12.8 Å². The standard InChI is InChI=1S/C9H17NO3/c10-9(13-8(11)12)6-4-2-1-3-5-7-9/h1-7,10H2,(H,11,12). The van der Waals surface area contributed by atoms with Crippen molar-refractivity contribution >= 4 is 6.16 Å². The summed E-state index contributed by atoms with van der Waals surface area (Å²) >= 11 is 0. The van der Waals surface area contributed by atoms with Gasteiger partial charge in [-0.2, -0.15) is 0 Å². The second kappa shape index (κ2) is 4.46. The van der Waals surface area contributed by atoms with Gasteiger partial charge < -0.3 is 9.84 Å². The molecule has 0 aromatic heterocycles. The molecule has 0 amide bonds. The lowest BCUT2D eigenvalue weighted by molar-refractivity contribution is -0.0309. The van der Waals surface area contributed by atoms with Crippen molar-refractivity contribution in [3.63, 3.8) is 0 Å². The van der Waals surface area contributed by atoms with Crippen molar-refractivity contribution < 1.29 is 14.6 Å². The Morgan fingerprint density at radius 1 is 1.15 bits per heavy atom. The summed E-state index contributed by atoms with van der Waals surface area (Å²) in [6, 6.07) is 0. The Balaban J connectivity index is 2.46. The van der Waals surface area contributed by atoms with Gasteiger partial charge in [0.1, 0.15) is 0 Å². The fourth-order valence-corrected chi connectivity index (χ4v) is 1.78. The van der Waals surface area contributed by atoms with E-state index in [1.807, 2.05) is 0 Å². The van der Waals surface area contributed by atoms with Gasteiger partial charge in [0.05, 0.1) is 0 Å². The molecule has 0 aliphatic heterocycles. The van der Waals surface area contributed by atoms with Crippen LogP contribution in [-0.2, 0) is 4.74 Å². The van der Waals surface area contributed by atoms with E-state index in [-0.39, 0.29) is 0 Å². The molecule has 4 heteroatoms. The predicted octanol–water partition coefficient (Wildman–Crippen LogP) is 2.08. The van der Waals surface area contributed by atoms with E-state index >= 15 is 0 Å². The van der Waals surface area contributed by atoms with Crippen LogP contribution in [0.15, 0.2) is 0 Å². The third-order valence-electron chi connectivity index (χ3n) is 2.49. The van der Waals surface area contributed by atoms with E-state index < -0.39 is 11.9 Å². The molecular weight excluding hydrogens is 170 g/mol. The lowest BCUT2D eigenvalue weighted by atomic mass is 9.94. The van der Waals surface area contributed by atoms with Crippen molar-refractivity contribution in [2.24, 2.45) is 5.73 Å². The van der Waals surface area contributed by atoms with Gasteiger partial charge in [0.15, 0.2) is 5.72 Å². The first-order valence-electron chi connectivity index (χ1n) is 4.83. The van der Waals surface area contributed by atoms with Crippen LogP contribution in [0.2, 0.25) is 0 Å². The van der Waals surface area contributed by atoms with Crippen LogP contribution in [0, 0.1) is 0 Å². The van der Waals surface area contributed by atoms with Crippen molar-refractivity contribution in [3.8, 4) is 0 Å². The minimum Gasteiger partial charge on any atom is -0.450 e. The zero-order valence-corrected chi connectivity index (χ0v) is 7.79. The van der Waals surface area contributed by atoms with Gasteiger partial charge in [-0.15, -0.1) is 0 Å². The predicted molar refractivity (Wildman–Crippen MR) is 48.3 cm³/mol. The molecule has 76 valence electrons. The van der Waals surface area contributed by atoms with E-state index in [0.29, 0.717) is 12.8 Å². The molecule has 1 fully saturated rings. The number of carboxylic acid groups (broad SMARTS) is 1. The highest BCUT2D eigenvalue weighted by Gasteiger charge is 2.29. The zero-order chi connectivity index (χ0) is 9.73. The zero-order valence-electron chi connectivity index (χ0n) is 7.79. The molecule has 0 radical (unpaired) electrons. The average molecular weight is 187 g/mol. The van der Waals surface area contributed by atoms with Gasteiger partial charge in [-0.1, -0.05) is 19.3 Å². The molecule has 0 bridgehead atoms. The van der Waals surface area contributed by atoms with Crippen molar-refractivity contribution in [2.45, 2.75) is 50.7 Å². The Labute approximate surface area is 78.1 Å². The molecule has 0 atom stereocenters. The number of carbonyl (C=O) groups is 1. The second-order valence-corrected chi connectivity index (χ2v) is 3.70. The van der Waals surface area contributed by atoms with E-state index in [4.69, 9.17) is 15.6 Å². The third-order valence-corrected chi connectivity index (χ3v) is 2.49. The molecule has 0 unspecified atom stereocenters. The molecule has 3 N–H and O–H groups in total. The largest absolute Gasteiger partial charge is 0.507 e. The Morgan fingerprint density at radius 2 is 1.62 bits per heavy atom. The van der Waals surface area contributed by atoms with Gasteiger partial charge >= 0.3 is 6.16 Å². The van der Waals surface area contributed by atoms with Crippen LogP contribution in [0.4, 0.5) is 4.79 Å². The van der Waals surface area contributed by atoms with Crippen LogP contribution < -0.4 is 5.73 Å². The van der Waals surface area contributed by atoms with Crippen LogP contribution in [0.5, 0.6) is 0 Å². The van der Waals surface area contributed by atoms with E-state index in [2.05, 4.69) is 0 Å². The maximum atomic E-state index is 10.4. The van der Waals surface area contributed by atoms with Crippen molar-refractivity contribution in [1.82, 2.24) is 0 Å². The first-order chi connectivity index (χ1) is 6.12. The molecular formula is C9H17NO3. The molecule has 13 heavy (non-hydrogen) atoms. The molecule has 0 spiro atoms. The summed E-state index contributed by atoms with van der Waals surface area (Å²) in [6.07, 6.45) is 5.45. The van der Waals surface area contributed by atoms with Crippen molar-refractivity contribution in [3.05, 3.63) is 0 Å². The summed E-state index contributed by atoms with van der Waals surface area (Å²) in [5, 5.41) is 8.49. The highest BCUT2D eigenvalue weighted by molar-refractivity contribution is 5.57.